The van der Waals surface area contributed by atoms with E-state index in [-0.39, 0.29) is 5.84 Å². The highest BCUT2D eigenvalue weighted by Crippen LogP contribution is 2.20. The highest BCUT2D eigenvalue weighted by molar-refractivity contribution is 9.10. The standard InChI is InChI=1S/C19H18BrN5O/c20-16-6-4-13(5-7-16)8-9-22-18-11-17(23-12-24-18)14-2-1-3-15(10-14)19(21)25-26/h1-7,10-12,26H,8-9H2,(H2,21,25)(H,22,23,24). The van der Waals surface area contributed by atoms with Crippen molar-refractivity contribution in [2.45, 2.75) is 6.42 Å². The van der Waals surface area contributed by atoms with Gasteiger partial charge in [0.25, 0.3) is 0 Å². The number of hydrogen-bond acceptors (Lipinski definition) is 5. The van der Waals surface area contributed by atoms with Gasteiger partial charge < -0.3 is 16.3 Å². The zero-order chi connectivity index (χ0) is 18.4. The highest BCUT2D eigenvalue weighted by Gasteiger charge is 2.05. The predicted octanol–water partition coefficient (Wildman–Crippen LogP) is 3.66. The third-order valence-corrected chi connectivity index (χ3v) is 4.39. The molecule has 6 nitrogen and oxygen atoms in total. The molecule has 0 saturated carbocycles. The van der Waals surface area contributed by atoms with E-state index in [1.54, 1.807) is 6.07 Å². The average Bonchev–Trinajstić information content (AvgIpc) is 2.69. The maximum Gasteiger partial charge on any atom is 0.170 e. The molecule has 0 fully saturated rings. The molecule has 132 valence electrons. The number of rotatable bonds is 6. The monoisotopic (exact) mass is 411 g/mol. The third-order valence-electron chi connectivity index (χ3n) is 3.86. The molecule has 0 aliphatic rings. The molecule has 0 saturated heterocycles. The molecule has 3 aromatic rings. The summed E-state index contributed by atoms with van der Waals surface area (Å²) in [7, 11) is 0. The molecule has 0 spiro atoms. The lowest BCUT2D eigenvalue weighted by molar-refractivity contribution is 0.318. The zero-order valence-electron chi connectivity index (χ0n) is 13.9. The van der Waals surface area contributed by atoms with Gasteiger partial charge >= 0.3 is 0 Å². The number of anilines is 1. The van der Waals surface area contributed by atoms with Crippen molar-refractivity contribution in [1.82, 2.24) is 9.97 Å². The minimum Gasteiger partial charge on any atom is -0.409 e. The lowest BCUT2D eigenvalue weighted by Crippen LogP contribution is -2.12. The number of hydrogen-bond donors (Lipinski definition) is 3. The Morgan fingerprint density at radius 3 is 2.69 bits per heavy atom. The second kappa shape index (κ2) is 8.44. The van der Waals surface area contributed by atoms with Crippen LogP contribution in [-0.4, -0.2) is 27.6 Å². The number of aromatic nitrogens is 2. The summed E-state index contributed by atoms with van der Waals surface area (Å²) in [5, 5.41) is 15.2. The van der Waals surface area contributed by atoms with Gasteiger partial charge in [0.15, 0.2) is 5.84 Å². The molecule has 1 heterocycles. The molecule has 1 aromatic heterocycles. The maximum atomic E-state index is 8.82. The molecular formula is C19H18BrN5O. The molecule has 2 aromatic carbocycles. The second-order valence-electron chi connectivity index (χ2n) is 5.66. The number of nitrogens with one attached hydrogen (secondary N) is 1. The number of nitrogens with two attached hydrogens (primary N) is 1. The van der Waals surface area contributed by atoms with Gasteiger partial charge in [0, 0.05) is 28.2 Å². The van der Waals surface area contributed by atoms with Gasteiger partial charge in [0.2, 0.25) is 0 Å². The van der Waals surface area contributed by atoms with E-state index in [0.29, 0.717) is 5.56 Å². The first-order valence-corrected chi connectivity index (χ1v) is 8.84. The van der Waals surface area contributed by atoms with Crippen molar-refractivity contribution < 1.29 is 5.21 Å². The topological polar surface area (TPSA) is 96.4 Å². The van der Waals surface area contributed by atoms with Crippen molar-refractivity contribution in [3.8, 4) is 11.3 Å². The number of nitrogens with zero attached hydrogens (tertiary/aromatic N) is 3. The molecule has 0 bridgehead atoms. The summed E-state index contributed by atoms with van der Waals surface area (Å²) in [5.74, 6) is 0.815. The third kappa shape index (κ3) is 4.58. The van der Waals surface area contributed by atoms with Crippen LogP contribution >= 0.6 is 15.9 Å². The van der Waals surface area contributed by atoms with E-state index in [0.717, 1.165) is 34.5 Å². The first kappa shape index (κ1) is 17.9. The van der Waals surface area contributed by atoms with Crippen molar-refractivity contribution in [3.05, 3.63) is 76.5 Å². The van der Waals surface area contributed by atoms with E-state index in [1.807, 2.05) is 36.4 Å². The van der Waals surface area contributed by atoms with Crippen LogP contribution in [0, 0.1) is 0 Å². The van der Waals surface area contributed by atoms with Crippen molar-refractivity contribution in [2.75, 3.05) is 11.9 Å². The van der Waals surface area contributed by atoms with Gasteiger partial charge in [0.1, 0.15) is 12.1 Å². The molecule has 7 heteroatoms. The first-order valence-electron chi connectivity index (χ1n) is 8.04. The zero-order valence-corrected chi connectivity index (χ0v) is 15.5. The quantitative estimate of drug-likeness (QED) is 0.249. The molecule has 0 radical (unpaired) electrons. The predicted molar refractivity (Wildman–Crippen MR) is 106 cm³/mol. The van der Waals surface area contributed by atoms with Crippen LogP contribution in [0.3, 0.4) is 0 Å². The molecular weight excluding hydrogens is 394 g/mol. The molecule has 0 atom stereocenters. The fourth-order valence-electron chi connectivity index (χ4n) is 2.49. The van der Waals surface area contributed by atoms with Gasteiger partial charge in [-0.15, -0.1) is 0 Å². The van der Waals surface area contributed by atoms with Crippen molar-refractivity contribution in [2.24, 2.45) is 10.9 Å². The minimum absolute atomic E-state index is 0.0637. The molecule has 0 aliphatic carbocycles. The normalized spacial score (nSPS) is 11.3. The Labute approximate surface area is 159 Å². The lowest BCUT2D eigenvalue weighted by Gasteiger charge is -2.08. The fourth-order valence-corrected chi connectivity index (χ4v) is 2.76. The Bertz CT molecular complexity index is 912. The van der Waals surface area contributed by atoms with Gasteiger partial charge in [-0.25, -0.2) is 9.97 Å². The van der Waals surface area contributed by atoms with Gasteiger partial charge in [0.05, 0.1) is 5.69 Å². The van der Waals surface area contributed by atoms with E-state index < -0.39 is 0 Å². The van der Waals surface area contributed by atoms with Crippen LogP contribution < -0.4 is 11.1 Å². The van der Waals surface area contributed by atoms with Crippen LogP contribution in [0.4, 0.5) is 5.82 Å². The Morgan fingerprint density at radius 1 is 1.12 bits per heavy atom. The summed E-state index contributed by atoms with van der Waals surface area (Å²) in [4.78, 5) is 8.58. The summed E-state index contributed by atoms with van der Waals surface area (Å²) in [5.41, 5.74) is 9.17. The number of amidine groups is 1. The van der Waals surface area contributed by atoms with E-state index in [1.165, 1.54) is 11.9 Å². The van der Waals surface area contributed by atoms with Crippen LogP contribution in [0.25, 0.3) is 11.3 Å². The average molecular weight is 412 g/mol. The highest BCUT2D eigenvalue weighted by atomic mass is 79.9. The Morgan fingerprint density at radius 2 is 1.92 bits per heavy atom. The molecule has 0 aliphatic heterocycles. The first-order chi connectivity index (χ1) is 12.7. The molecule has 4 N–H and O–H groups in total. The molecule has 26 heavy (non-hydrogen) atoms. The summed E-state index contributed by atoms with van der Waals surface area (Å²) in [6.45, 7) is 0.766. The Kier molecular flexibility index (Phi) is 5.80. The van der Waals surface area contributed by atoms with E-state index >= 15 is 0 Å². The summed E-state index contributed by atoms with van der Waals surface area (Å²) < 4.78 is 1.07. The molecule has 3 rings (SSSR count). The van der Waals surface area contributed by atoms with Crippen LogP contribution in [0.2, 0.25) is 0 Å². The van der Waals surface area contributed by atoms with Crippen LogP contribution in [0.15, 0.2) is 70.6 Å². The number of halogens is 1. The smallest absolute Gasteiger partial charge is 0.170 e. The molecule has 0 unspecified atom stereocenters. The van der Waals surface area contributed by atoms with Crippen LogP contribution in [0.1, 0.15) is 11.1 Å². The van der Waals surface area contributed by atoms with Crippen molar-refractivity contribution in [1.29, 1.82) is 0 Å². The Balaban J connectivity index is 1.69. The van der Waals surface area contributed by atoms with E-state index in [9.17, 15) is 0 Å². The van der Waals surface area contributed by atoms with E-state index in [4.69, 9.17) is 10.9 Å². The fraction of sp³-hybridized carbons (Fsp3) is 0.105. The lowest BCUT2D eigenvalue weighted by atomic mass is 10.1. The number of oxime groups is 1. The number of benzene rings is 2. The largest absolute Gasteiger partial charge is 0.409 e. The van der Waals surface area contributed by atoms with Gasteiger partial charge in [-0.3, -0.25) is 0 Å². The summed E-state index contributed by atoms with van der Waals surface area (Å²) in [6.07, 6.45) is 2.42. The second-order valence-corrected chi connectivity index (χ2v) is 6.57. The van der Waals surface area contributed by atoms with Crippen LogP contribution in [0.5, 0.6) is 0 Å². The minimum atomic E-state index is 0.0637. The van der Waals surface area contributed by atoms with E-state index in [2.05, 4.69) is 48.5 Å². The Hall–Kier alpha value is -2.93. The summed E-state index contributed by atoms with van der Waals surface area (Å²) in [6, 6.07) is 17.5. The maximum absolute atomic E-state index is 8.82. The molecule has 0 amide bonds. The van der Waals surface area contributed by atoms with Gasteiger partial charge in [-0.1, -0.05) is 51.4 Å². The van der Waals surface area contributed by atoms with Gasteiger partial charge in [-0.2, -0.15) is 0 Å². The summed E-state index contributed by atoms with van der Waals surface area (Å²) >= 11 is 3.44. The van der Waals surface area contributed by atoms with Crippen molar-refractivity contribution >= 4 is 27.6 Å². The van der Waals surface area contributed by atoms with Crippen molar-refractivity contribution in [3.63, 3.8) is 0 Å². The van der Waals surface area contributed by atoms with Gasteiger partial charge in [-0.05, 0) is 30.2 Å². The van der Waals surface area contributed by atoms with Crippen LogP contribution in [-0.2, 0) is 6.42 Å². The SMILES string of the molecule is N/C(=N\O)c1cccc(-c2cc(NCCc3ccc(Br)cc3)ncn2)c1.